The summed E-state index contributed by atoms with van der Waals surface area (Å²) in [5.41, 5.74) is 3.47. The topological polar surface area (TPSA) is 100 Å². The molecule has 1 amide bonds. The van der Waals surface area contributed by atoms with Crippen molar-refractivity contribution in [3.63, 3.8) is 0 Å². The fourth-order valence-electron chi connectivity index (χ4n) is 3.70. The first-order valence-electron chi connectivity index (χ1n) is 9.61. The molecule has 1 fully saturated rings. The average Bonchev–Trinajstić information content (AvgIpc) is 2.97. The van der Waals surface area contributed by atoms with E-state index in [0.717, 1.165) is 50.2 Å². The van der Waals surface area contributed by atoms with Gasteiger partial charge in [0.25, 0.3) is 5.91 Å². The first-order chi connectivity index (χ1) is 13.0. The molecule has 7 heteroatoms. The summed E-state index contributed by atoms with van der Waals surface area (Å²) in [6.45, 7) is 8.06. The van der Waals surface area contributed by atoms with Gasteiger partial charge in [-0.05, 0) is 70.2 Å². The molecule has 7 nitrogen and oxygen atoms in total. The molecule has 0 spiro atoms. The third kappa shape index (κ3) is 4.47. The van der Waals surface area contributed by atoms with Gasteiger partial charge >= 0.3 is 5.63 Å². The Balaban J connectivity index is 1.60. The standard InChI is InChI=1S/C20H28N4O3/c1-12-10-17(15-6-4-8-21-11-15)27-20(26)18(12)19(25)22-9-5-7-16-13(2)23-24-14(16)3/h10,15,21H,4-9,11H2,1-3H3,(H,22,25)(H,23,24). The molecule has 0 radical (unpaired) electrons. The van der Waals surface area contributed by atoms with Crippen molar-refractivity contribution in [1.82, 2.24) is 20.8 Å². The quantitative estimate of drug-likeness (QED) is 0.675. The minimum absolute atomic E-state index is 0.109. The van der Waals surface area contributed by atoms with E-state index in [9.17, 15) is 9.59 Å². The molecule has 1 unspecified atom stereocenters. The fourth-order valence-corrected chi connectivity index (χ4v) is 3.70. The Bertz CT molecular complexity index is 843. The molecular formula is C20H28N4O3. The number of nitrogens with zero attached hydrogens (tertiary/aromatic N) is 1. The van der Waals surface area contributed by atoms with Crippen molar-refractivity contribution in [1.29, 1.82) is 0 Å². The van der Waals surface area contributed by atoms with E-state index in [-0.39, 0.29) is 17.4 Å². The van der Waals surface area contributed by atoms with Crippen LogP contribution in [0.2, 0.25) is 0 Å². The highest BCUT2D eigenvalue weighted by atomic mass is 16.4. The van der Waals surface area contributed by atoms with Crippen molar-refractivity contribution in [2.75, 3.05) is 19.6 Å². The maximum atomic E-state index is 12.5. The predicted octanol–water partition coefficient (Wildman–Crippen LogP) is 2.12. The van der Waals surface area contributed by atoms with Crippen LogP contribution in [0.1, 0.15) is 63.8 Å². The van der Waals surface area contributed by atoms with Gasteiger partial charge in [0.05, 0.1) is 5.69 Å². The van der Waals surface area contributed by atoms with Gasteiger partial charge in [0.2, 0.25) is 0 Å². The smallest absolute Gasteiger partial charge is 0.349 e. The Morgan fingerprint density at radius 2 is 2.19 bits per heavy atom. The molecule has 2 aromatic rings. The van der Waals surface area contributed by atoms with E-state index in [0.29, 0.717) is 17.9 Å². The van der Waals surface area contributed by atoms with Crippen molar-refractivity contribution in [2.24, 2.45) is 0 Å². The third-order valence-electron chi connectivity index (χ3n) is 5.26. The van der Waals surface area contributed by atoms with Gasteiger partial charge in [0, 0.05) is 24.7 Å². The first kappa shape index (κ1) is 19.4. The van der Waals surface area contributed by atoms with Crippen LogP contribution in [0.4, 0.5) is 0 Å². The number of carbonyl (C=O) groups is 1. The normalized spacial score (nSPS) is 17.1. The zero-order chi connectivity index (χ0) is 19.4. The van der Waals surface area contributed by atoms with Crippen LogP contribution < -0.4 is 16.3 Å². The van der Waals surface area contributed by atoms with E-state index in [1.54, 1.807) is 6.92 Å². The molecule has 1 aliphatic heterocycles. The minimum atomic E-state index is -0.547. The zero-order valence-electron chi connectivity index (χ0n) is 16.3. The number of carbonyl (C=O) groups excluding carboxylic acids is 1. The van der Waals surface area contributed by atoms with Crippen LogP contribution in [0, 0.1) is 20.8 Å². The highest BCUT2D eigenvalue weighted by Crippen LogP contribution is 2.23. The predicted molar refractivity (Wildman–Crippen MR) is 103 cm³/mol. The second kappa shape index (κ2) is 8.52. The highest BCUT2D eigenvalue weighted by molar-refractivity contribution is 5.95. The molecule has 0 aromatic carbocycles. The SMILES string of the molecule is Cc1cc(C2CCCNC2)oc(=O)c1C(=O)NCCCc1c(C)n[nH]c1C. The molecule has 3 rings (SSSR count). The number of rotatable bonds is 6. The van der Waals surface area contributed by atoms with Crippen LogP contribution in [-0.4, -0.2) is 35.7 Å². The summed E-state index contributed by atoms with van der Waals surface area (Å²) in [5.74, 6) is 0.506. The largest absolute Gasteiger partial charge is 0.427 e. The van der Waals surface area contributed by atoms with Crippen LogP contribution in [0.5, 0.6) is 0 Å². The molecule has 1 aliphatic rings. The summed E-state index contributed by atoms with van der Waals surface area (Å²) in [4.78, 5) is 24.9. The second-order valence-electron chi connectivity index (χ2n) is 7.31. The van der Waals surface area contributed by atoms with E-state index >= 15 is 0 Å². The maximum Gasteiger partial charge on any atom is 0.349 e. The molecule has 0 bridgehead atoms. The van der Waals surface area contributed by atoms with Gasteiger partial charge < -0.3 is 15.1 Å². The zero-order valence-corrected chi connectivity index (χ0v) is 16.3. The van der Waals surface area contributed by atoms with Crippen molar-refractivity contribution in [3.05, 3.63) is 50.3 Å². The van der Waals surface area contributed by atoms with E-state index in [1.807, 2.05) is 19.9 Å². The Kier molecular flexibility index (Phi) is 6.11. The van der Waals surface area contributed by atoms with Crippen LogP contribution >= 0.6 is 0 Å². The third-order valence-corrected chi connectivity index (χ3v) is 5.26. The van der Waals surface area contributed by atoms with Gasteiger partial charge in [-0.25, -0.2) is 4.79 Å². The lowest BCUT2D eigenvalue weighted by atomic mass is 9.95. The summed E-state index contributed by atoms with van der Waals surface area (Å²) >= 11 is 0. The van der Waals surface area contributed by atoms with Crippen LogP contribution in [-0.2, 0) is 6.42 Å². The summed E-state index contributed by atoms with van der Waals surface area (Å²) in [6.07, 6.45) is 3.66. The number of aromatic amines is 1. The van der Waals surface area contributed by atoms with Gasteiger partial charge in [-0.15, -0.1) is 0 Å². The van der Waals surface area contributed by atoms with E-state index in [4.69, 9.17) is 4.42 Å². The highest BCUT2D eigenvalue weighted by Gasteiger charge is 2.22. The molecule has 1 saturated heterocycles. The number of amides is 1. The van der Waals surface area contributed by atoms with Crippen molar-refractivity contribution in [3.8, 4) is 0 Å². The molecule has 1 atom stereocenters. The maximum absolute atomic E-state index is 12.5. The summed E-state index contributed by atoms with van der Waals surface area (Å²) in [7, 11) is 0. The molecule has 3 heterocycles. The molecule has 0 saturated carbocycles. The van der Waals surface area contributed by atoms with Gasteiger partial charge in [-0.1, -0.05) is 0 Å². The Hall–Kier alpha value is -2.41. The van der Waals surface area contributed by atoms with Crippen LogP contribution in [0.15, 0.2) is 15.3 Å². The number of nitrogens with one attached hydrogen (secondary N) is 3. The van der Waals surface area contributed by atoms with Crippen LogP contribution in [0.25, 0.3) is 0 Å². The average molecular weight is 372 g/mol. The number of piperidine rings is 1. The summed E-state index contributed by atoms with van der Waals surface area (Å²) in [5, 5.41) is 13.3. The Labute approximate surface area is 158 Å². The lowest BCUT2D eigenvalue weighted by molar-refractivity contribution is 0.0948. The van der Waals surface area contributed by atoms with E-state index in [2.05, 4.69) is 20.8 Å². The number of aromatic nitrogens is 2. The lowest BCUT2D eigenvalue weighted by Crippen LogP contribution is -2.32. The fraction of sp³-hybridized carbons (Fsp3) is 0.550. The monoisotopic (exact) mass is 372 g/mol. The molecule has 2 aromatic heterocycles. The van der Waals surface area contributed by atoms with Gasteiger partial charge in [0.15, 0.2) is 0 Å². The molecular weight excluding hydrogens is 344 g/mol. The first-order valence-corrected chi connectivity index (χ1v) is 9.61. The Morgan fingerprint density at radius 3 is 2.81 bits per heavy atom. The van der Waals surface area contributed by atoms with E-state index in [1.165, 1.54) is 5.56 Å². The van der Waals surface area contributed by atoms with Crippen molar-refractivity contribution < 1.29 is 9.21 Å². The van der Waals surface area contributed by atoms with Crippen molar-refractivity contribution in [2.45, 2.75) is 52.4 Å². The number of hydrogen-bond acceptors (Lipinski definition) is 5. The molecule has 3 N–H and O–H groups in total. The molecule has 0 aliphatic carbocycles. The Morgan fingerprint density at radius 1 is 1.37 bits per heavy atom. The van der Waals surface area contributed by atoms with Gasteiger partial charge in [-0.2, -0.15) is 5.10 Å². The van der Waals surface area contributed by atoms with E-state index < -0.39 is 5.63 Å². The summed E-state index contributed by atoms with van der Waals surface area (Å²) < 4.78 is 5.48. The minimum Gasteiger partial charge on any atom is -0.427 e. The molecule has 146 valence electrons. The van der Waals surface area contributed by atoms with Crippen LogP contribution in [0.3, 0.4) is 0 Å². The second-order valence-corrected chi connectivity index (χ2v) is 7.31. The lowest BCUT2D eigenvalue weighted by Gasteiger charge is -2.22. The van der Waals surface area contributed by atoms with Crippen molar-refractivity contribution >= 4 is 5.91 Å². The number of aryl methyl sites for hydroxylation is 3. The number of H-pyrrole nitrogens is 1. The van der Waals surface area contributed by atoms with Gasteiger partial charge in [0.1, 0.15) is 11.3 Å². The molecule has 27 heavy (non-hydrogen) atoms. The summed E-state index contributed by atoms with van der Waals surface area (Å²) in [6, 6.07) is 1.84. The van der Waals surface area contributed by atoms with Gasteiger partial charge in [-0.3, -0.25) is 9.89 Å². The number of hydrogen-bond donors (Lipinski definition) is 3.